The number of fused-ring (bicyclic) bond motifs is 1. The number of hydrogen-bond acceptors (Lipinski definition) is 3. The number of piperidine rings is 1. The zero-order valence-electron chi connectivity index (χ0n) is 14.4. The summed E-state index contributed by atoms with van der Waals surface area (Å²) in [6, 6.07) is 17.1. The molecular formula is C21H25N3O. The number of nitrogens with one attached hydrogen (secondary N) is 2. The summed E-state index contributed by atoms with van der Waals surface area (Å²) in [6.45, 7) is 3.14. The van der Waals surface area contributed by atoms with Crippen molar-refractivity contribution in [2.24, 2.45) is 5.92 Å². The molecular weight excluding hydrogens is 310 g/mol. The molecule has 0 unspecified atom stereocenters. The Morgan fingerprint density at radius 2 is 1.88 bits per heavy atom. The van der Waals surface area contributed by atoms with Crippen LogP contribution in [0.25, 0.3) is 10.9 Å². The Labute approximate surface area is 148 Å². The van der Waals surface area contributed by atoms with Crippen LogP contribution in [0.15, 0.2) is 54.7 Å². The monoisotopic (exact) mass is 335 g/mol. The second-order valence-corrected chi connectivity index (χ2v) is 6.84. The van der Waals surface area contributed by atoms with E-state index in [1.54, 1.807) is 0 Å². The fourth-order valence-electron chi connectivity index (χ4n) is 3.75. The summed E-state index contributed by atoms with van der Waals surface area (Å²) >= 11 is 0. The first-order valence-electron chi connectivity index (χ1n) is 9.09. The molecule has 3 aromatic rings. The van der Waals surface area contributed by atoms with Crippen molar-refractivity contribution in [3.05, 3.63) is 60.3 Å². The maximum absolute atomic E-state index is 9.35. The van der Waals surface area contributed by atoms with Crippen molar-refractivity contribution in [2.45, 2.75) is 19.4 Å². The zero-order valence-corrected chi connectivity index (χ0v) is 14.4. The molecule has 2 heterocycles. The van der Waals surface area contributed by atoms with Crippen molar-refractivity contribution in [1.29, 1.82) is 0 Å². The van der Waals surface area contributed by atoms with Crippen LogP contribution in [-0.4, -0.2) is 29.8 Å². The summed E-state index contributed by atoms with van der Waals surface area (Å²) in [5.74, 6) is 0.461. The van der Waals surface area contributed by atoms with Crippen molar-refractivity contribution >= 4 is 22.3 Å². The molecule has 4 rings (SSSR count). The van der Waals surface area contributed by atoms with Gasteiger partial charge in [0.15, 0.2) is 0 Å². The zero-order chi connectivity index (χ0) is 17.1. The molecule has 1 aromatic heterocycles. The minimum atomic E-state index is 0.314. The quantitative estimate of drug-likeness (QED) is 0.661. The van der Waals surface area contributed by atoms with Gasteiger partial charge in [0.05, 0.1) is 11.4 Å². The highest BCUT2D eigenvalue weighted by molar-refractivity contribution is 5.83. The molecule has 130 valence electrons. The molecule has 0 bridgehead atoms. The van der Waals surface area contributed by atoms with Gasteiger partial charge in [-0.2, -0.15) is 0 Å². The fraction of sp³-hybridized carbons (Fsp3) is 0.333. The van der Waals surface area contributed by atoms with Crippen LogP contribution < -0.4 is 10.2 Å². The number of benzene rings is 2. The number of aliphatic hydroxyl groups excluding tert-OH is 1. The van der Waals surface area contributed by atoms with E-state index in [4.69, 9.17) is 0 Å². The first-order chi connectivity index (χ1) is 12.3. The number of anilines is 2. The number of aromatic nitrogens is 1. The number of aromatic amines is 1. The lowest BCUT2D eigenvalue weighted by molar-refractivity contribution is 0.203. The summed E-state index contributed by atoms with van der Waals surface area (Å²) in [7, 11) is 0. The van der Waals surface area contributed by atoms with E-state index in [1.165, 1.54) is 27.8 Å². The summed E-state index contributed by atoms with van der Waals surface area (Å²) in [5.41, 5.74) is 4.92. The standard InChI is InChI=1S/C21H25N3O/c25-15-16-9-12-24(13-10-16)21-7-2-1-5-20(21)23-14-17-4-3-6-19-18(17)8-11-22-19/h1-8,11,16,22-23,25H,9-10,12-15H2. The molecule has 4 heteroatoms. The van der Waals surface area contributed by atoms with Gasteiger partial charge < -0.3 is 20.3 Å². The first kappa shape index (κ1) is 16.0. The minimum absolute atomic E-state index is 0.314. The lowest BCUT2D eigenvalue weighted by atomic mass is 9.97. The Morgan fingerprint density at radius 1 is 1.04 bits per heavy atom. The molecule has 3 N–H and O–H groups in total. The van der Waals surface area contributed by atoms with Gasteiger partial charge in [0, 0.05) is 43.3 Å². The Morgan fingerprint density at radius 3 is 2.72 bits per heavy atom. The van der Waals surface area contributed by atoms with Gasteiger partial charge in [0.1, 0.15) is 0 Å². The fourth-order valence-corrected chi connectivity index (χ4v) is 3.75. The molecule has 1 aliphatic rings. The van der Waals surface area contributed by atoms with Crippen LogP contribution in [0, 0.1) is 5.92 Å². The minimum Gasteiger partial charge on any atom is -0.396 e. The average molecular weight is 335 g/mol. The molecule has 0 atom stereocenters. The molecule has 25 heavy (non-hydrogen) atoms. The third-order valence-corrected chi connectivity index (χ3v) is 5.27. The number of aliphatic hydroxyl groups is 1. The number of H-pyrrole nitrogens is 1. The molecule has 0 saturated carbocycles. The van der Waals surface area contributed by atoms with E-state index >= 15 is 0 Å². The normalized spacial score (nSPS) is 15.6. The van der Waals surface area contributed by atoms with Gasteiger partial charge in [-0.3, -0.25) is 0 Å². The van der Waals surface area contributed by atoms with Gasteiger partial charge in [-0.25, -0.2) is 0 Å². The van der Waals surface area contributed by atoms with Gasteiger partial charge in [0.25, 0.3) is 0 Å². The van der Waals surface area contributed by atoms with E-state index in [2.05, 4.69) is 63.7 Å². The smallest absolute Gasteiger partial charge is 0.0602 e. The molecule has 4 nitrogen and oxygen atoms in total. The van der Waals surface area contributed by atoms with Crippen LogP contribution in [0.4, 0.5) is 11.4 Å². The maximum atomic E-state index is 9.35. The van der Waals surface area contributed by atoms with Crippen LogP contribution in [0.3, 0.4) is 0 Å². The predicted molar refractivity (Wildman–Crippen MR) is 104 cm³/mol. The summed E-state index contributed by atoms with van der Waals surface area (Å²) in [5, 5.41) is 14.3. The topological polar surface area (TPSA) is 51.3 Å². The second kappa shape index (κ2) is 7.19. The Balaban J connectivity index is 1.51. The van der Waals surface area contributed by atoms with Crippen molar-refractivity contribution in [2.75, 3.05) is 29.9 Å². The van der Waals surface area contributed by atoms with E-state index in [1.807, 2.05) is 6.20 Å². The number of rotatable bonds is 5. The molecule has 0 aliphatic carbocycles. The highest BCUT2D eigenvalue weighted by Gasteiger charge is 2.20. The number of nitrogens with zero attached hydrogens (tertiary/aromatic N) is 1. The SMILES string of the molecule is OCC1CCN(c2ccccc2NCc2cccc3[nH]ccc23)CC1. The first-order valence-corrected chi connectivity index (χ1v) is 9.09. The van der Waals surface area contributed by atoms with E-state index in [0.29, 0.717) is 12.5 Å². The van der Waals surface area contributed by atoms with Crippen LogP contribution in [0.1, 0.15) is 18.4 Å². The lowest BCUT2D eigenvalue weighted by Gasteiger charge is -2.34. The third kappa shape index (κ3) is 3.35. The molecule has 0 amide bonds. The lowest BCUT2D eigenvalue weighted by Crippen LogP contribution is -2.35. The van der Waals surface area contributed by atoms with Gasteiger partial charge >= 0.3 is 0 Å². The third-order valence-electron chi connectivity index (χ3n) is 5.27. The van der Waals surface area contributed by atoms with E-state index in [-0.39, 0.29) is 0 Å². The van der Waals surface area contributed by atoms with Crippen LogP contribution >= 0.6 is 0 Å². The van der Waals surface area contributed by atoms with Gasteiger partial charge in [-0.1, -0.05) is 24.3 Å². The largest absolute Gasteiger partial charge is 0.396 e. The van der Waals surface area contributed by atoms with Gasteiger partial charge in [-0.05, 0) is 48.6 Å². The van der Waals surface area contributed by atoms with Crippen LogP contribution in [0.2, 0.25) is 0 Å². The summed E-state index contributed by atoms with van der Waals surface area (Å²) < 4.78 is 0. The van der Waals surface area contributed by atoms with E-state index in [0.717, 1.165) is 32.5 Å². The highest BCUT2D eigenvalue weighted by atomic mass is 16.3. The van der Waals surface area contributed by atoms with Crippen molar-refractivity contribution in [1.82, 2.24) is 4.98 Å². The van der Waals surface area contributed by atoms with Crippen molar-refractivity contribution in [3.63, 3.8) is 0 Å². The Kier molecular flexibility index (Phi) is 4.61. The molecule has 1 fully saturated rings. The van der Waals surface area contributed by atoms with Gasteiger partial charge in [0.2, 0.25) is 0 Å². The molecule has 0 radical (unpaired) electrons. The van der Waals surface area contributed by atoms with Crippen molar-refractivity contribution < 1.29 is 5.11 Å². The molecule has 1 aliphatic heterocycles. The summed E-state index contributed by atoms with van der Waals surface area (Å²) in [4.78, 5) is 5.71. The number of para-hydroxylation sites is 2. The molecule has 0 spiro atoms. The summed E-state index contributed by atoms with van der Waals surface area (Å²) in [6.07, 6.45) is 4.12. The maximum Gasteiger partial charge on any atom is 0.0602 e. The predicted octanol–water partition coefficient (Wildman–Crippen LogP) is 3.99. The van der Waals surface area contributed by atoms with E-state index in [9.17, 15) is 5.11 Å². The number of hydrogen-bond donors (Lipinski definition) is 3. The highest BCUT2D eigenvalue weighted by Crippen LogP contribution is 2.30. The second-order valence-electron chi connectivity index (χ2n) is 6.84. The van der Waals surface area contributed by atoms with E-state index < -0.39 is 0 Å². The average Bonchev–Trinajstić information content (AvgIpc) is 3.16. The van der Waals surface area contributed by atoms with Crippen LogP contribution in [0.5, 0.6) is 0 Å². The molecule has 2 aromatic carbocycles. The Hall–Kier alpha value is -2.46. The van der Waals surface area contributed by atoms with Gasteiger partial charge in [-0.15, -0.1) is 0 Å². The van der Waals surface area contributed by atoms with Crippen LogP contribution in [-0.2, 0) is 6.54 Å². The van der Waals surface area contributed by atoms with Crippen molar-refractivity contribution in [3.8, 4) is 0 Å². The molecule has 1 saturated heterocycles. The Bertz CT molecular complexity index is 834.